The van der Waals surface area contributed by atoms with Crippen LogP contribution in [0, 0.1) is 0 Å². The van der Waals surface area contributed by atoms with Gasteiger partial charge in [0, 0.05) is 23.8 Å². The number of pyridine rings is 1. The average molecular weight is 372 g/mol. The van der Waals surface area contributed by atoms with Crippen molar-refractivity contribution in [3.63, 3.8) is 0 Å². The molecule has 8 heteroatoms. The Labute approximate surface area is 156 Å². The van der Waals surface area contributed by atoms with E-state index in [4.69, 9.17) is 21.4 Å². The van der Waals surface area contributed by atoms with Gasteiger partial charge in [-0.1, -0.05) is 17.7 Å². The van der Waals surface area contributed by atoms with E-state index in [1.54, 1.807) is 37.6 Å². The number of aliphatic hydroxyl groups is 1. The number of methoxy groups -OCH3 is 1. The Kier molecular flexibility index (Phi) is 5.83. The lowest BCUT2D eigenvalue weighted by atomic mass is 10.2. The van der Waals surface area contributed by atoms with Gasteiger partial charge in [-0.15, -0.1) is 0 Å². The third-order valence-electron chi connectivity index (χ3n) is 3.47. The Morgan fingerprint density at radius 3 is 2.73 bits per heavy atom. The number of aliphatic hydroxyl groups excluding tert-OH is 1. The predicted molar refractivity (Wildman–Crippen MR) is 102 cm³/mol. The standard InChI is InChI=1S/C18H18ClN5O2/c1-26-16-6-5-12(19)10-15(16)22-17-11-14(13-4-2-3-7-20-13)23-18(24-17)21-8-9-25/h2-7,10-11,25H,8-9H2,1H3,(H2,21,22,23,24). The summed E-state index contributed by atoms with van der Waals surface area (Å²) in [4.78, 5) is 13.2. The van der Waals surface area contributed by atoms with Gasteiger partial charge in [-0.05, 0) is 30.3 Å². The minimum absolute atomic E-state index is 0.0257. The summed E-state index contributed by atoms with van der Waals surface area (Å²) in [6.07, 6.45) is 1.70. The highest BCUT2D eigenvalue weighted by atomic mass is 35.5. The van der Waals surface area contributed by atoms with Crippen molar-refractivity contribution < 1.29 is 9.84 Å². The number of hydrogen-bond acceptors (Lipinski definition) is 7. The fourth-order valence-electron chi connectivity index (χ4n) is 2.32. The summed E-state index contributed by atoms with van der Waals surface area (Å²) in [6, 6.07) is 12.7. The van der Waals surface area contributed by atoms with Crippen LogP contribution in [0.25, 0.3) is 11.4 Å². The maximum Gasteiger partial charge on any atom is 0.225 e. The fourth-order valence-corrected chi connectivity index (χ4v) is 2.49. The molecule has 0 unspecified atom stereocenters. The van der Waals surface area contributed by atoms with Gasteiger partial charge in [-0.3, -0.25) is 4.98 Å². The number of aromatic nitrogens is 3. The monoisotopic (exact) mass is 371 g/mol. The van der Waals surface area contributed by atoms with E-state index in [0.29, 0.717) is 46.2 Å². The number of anilines is 3. The molecule has 0 aliphatic heterocycles. The first-order valence-electron chi connectivity index (χ1n) is 7.95. The van der Waals surface area contributed by atoms with Gasteiger partial charge in [-0.2, -0.15) is 4.98 Å². The molecule has 0 atom stereocenters. The maximum atomic E-state index is 9.04. The molecule has 0 radical (unpaired) electrons. The number of halogens is 1. The van der Waals surface area contributed by atoms with E-state index in [2.05, 4.69) is 25.6 Å². The maximum absolute atomic E-state index is 9.04. The Bertz CT molecular complexity index is 877. The van der Waals surface area contributed by atoms with Crippen LogP contribution >= 0.6 is 11.6 Å². The molecule has 0 aliphatic rings. The van der Waals surface area contributed by atoms with Gasteiger partial charge in [0.1, 0.15) is 11.6 Å². The Balaban J connectivity index is 1.99. The molecule has 0 saturated heterocycles. The van der Waals surface area contributed by atoms with Crippen LogP contribution in [0.5, 0.6) is 5.75 Å². The third-order valence-corrected chi connectivity index (χ3v) is 3.71. The number of hydrogen-bond donors (Lipinski definition) is 3. The molecule has 2 aromatic heterocycles. The molecular formula is C18H18ClN5O2. The van der Waals surface area contributed by atoms with Crippen molar-refractivity contribution in [3.8, 4) is 17.1 Å². The quantitative estimate of drug-likeness (QED) is 0.586. The van der Waals surface area contributed by atoms with E-state index in [1.807, 2.05) is 18.2 Å². The van der Waals surface area contributed by atoms with Gasteiger partial charge in [0.05, 0.1) is 30.8 Å². The molecule has 134 valence electrons. The molecular weight excluding hydrogens is 354 g/mol. The van der Waals surface area contributed by atoms with Crippen molar-refractivity contribution in [2.45, 2.75) is 0 Å². The molecule has 0 saturated carbocycles. The van der Waals surface area contributed by atoms with Gasteiger partial charge in [0.25, 0.3) is 0 Å². The summed E-state index contributed by atoms with van der Waals surface area (Å²) in [5, 5.41) is 15.8. The first kappa shape index (κ1) is 17.9. The lowest BCUT2D eigenvalue weighted by Crippen LogP contribution is -2.10. The lowest BCUT2D eigenvalue weighted by molar-refractivity contribution is 0.311. The summed E-state index contributed by atoms with van der Waals surface area (Å²) in [5.74, 6) is 1.56. The molecule has 3 rings (SSSR count). The molecule has 3 N–H and O–H groups in total. The molecule has 0 spiro atoms. The number of rotatable bonds is 7. The first-order valence-corrected chi connectivity index (χ1v) is 8.33. The Morgan fingerprint density at radius 2 is 2.00 bits per heavy atom. The lowest BCUT2D eigenvalue weighted by Gasteiger charge is -2.13. The molecule has 2 heterocycles. The van der Waals surface area contributed by atoms with E-state index in [-0.39, 0.29) is 6.61 Å². The highest BCUT2D eigenvalue weighted by molar-refractivity contribution is 6.31. The second-order valence-electron chi connectivity index (χ2n) is 5.30. The fraction of sp³-hybridized carbons (Fsp3) is 0.167. The van der Waals surface area contributed by atoms with Crippen molar-refractivity contribution in [1.29, 1.82) is 0 Å². The van der Waals surface area contributed by atoms with Gasteiger partial charge >= 0.3 is 0 Å². The average Bonchev–Trinajstić information content (AvgIpc) is 2.67. The van der Waals surface area contributed by atoms with Crippen LogP contribution in [-0.4, -0.2) is 40.3 Å². The second kappa shape index (κ2) is 8.46. The molecule has 26 heavy (non-hydrogen) atoms. The van der Waals surface area contributed by atoms with Crippen molar-refractivity contribution in [2.24, 2.45) is 0 Å². The minimum Gasteiger partial charge on any atom is -0.495 e. The van der Waals surface area contributed by atoms with Gasteiger partial charge in [0.2, 0.25) is 5.95 Å². The van der Waals surface area contributed by atoms with Crippen molar-refractivity contribution in [3.05, 3.63) is 53.7 Å². The van der Waals surface area contributed by atoms with Crippen LogP contribution < -0.4 is 15.4 Å². The van der Waals surface area contributed by atoms with Gasteiger partial charge < -0.3 is 20.5 Å². The van der Waals surface area contributed by atoms with E-state index in [0.717, 1.165) is 0 Å². The predicted octanol–water partition coefficient (Wildman–Crippen LogP) is 3.35. The highest BCUT2D eigenvalue weighted by Crippen LogP contribution is 2.31. The van der Waals surface area contributed by atoms with Crippen LogP contribution in [0.4, 0.5) is 17.5 Å². The molecule has 0 aliphatic carbocycles. The zero-order valence-electron chi connectivity index (χ0n) is 14.1. The molecule has 0 fully saturated rings. The van der Waals surface area contributed by atoms with Crippen LogP contribution in [0.1, 0.15) is 0 Å². The summed E-state index contributed by atoms with van der Waals surface area (Å²) >= 11 is 6.09. The second-order valence-corrected chi connectivity index (χ2v) is 5.73. The topological polar surface area (TPSA) is 92.2 Å². The zero-order chi connectivity index (χ0) is 18.4. The number of ether oxygens (including phenoxy) is 1. The van der Waals surface area contributed by atoms with E-state index in [1.165, 1.54) is 0 Å². The Hall–Kier alpha value is -2.90. The molecule has 1 aromatic carbocycles. The van der Waals surface area contributed by atoms with Crippen LogP contribution in [0.2, 0.25) is 5.02 Å². The normalized spacial score (nSPS) is 10.4. The van der Waals surface area contributed by atoms with Crippen molar-refractivity contribution in [2.75, 3.05) is 30.9 Å². The number of nitrogens with one attached hydrogen (secondary N) is 2. The minimum atomic E-state index is -0.0257. The summed E-state index contributed by atoms with van der Waals surface area (Å²) < 4.78 is 5.36. The third kappa shape index (κ3) is 4.38. The summed E-state index contributed by atoms with van der Waals surface area (Å²) in [7, 11) is 1.59. The van der Waals surface area contributed by atoms with Crippen molar-refractivity contribution in [1.82, 2.24) is 15.0 Å². The molecule has 0 amide bonds. The van der Waals surface area contributed by atoms with E-state index < -0.39 is 0 Å². The van der Waals surface area contributed by atoms with Crippen LogP contribution in [0.15, 0.2) is 48.7 Å². The van der Waals surface area contributed by atoms with E-state index in [9.17, 15) is 0 Å². The molecule has 7 nitrogen and oxygen atoms in total. The molecule has 0 bridgehead atoms. The smallest absolute Gasteiger partial charge is 0.225 e. The summed E-state index contributed by atoms with van der Waals surface area (Å²) in [5.41, 5.74) is 2.03. The summed E-state index contributed by atoms with van der Waals surface area (Å²) in [6.45, 7) is 0.313. The SMILES string of the molecule is COc1ccc(Cl)cc1Nc1cc(-c2ccccn2)nc(NCCO)n1. The van der Waals surface area contributed by atoms with Crippen LogP contribution in [0.3, 0.4) is 0 Å². The Morgan fingerprint density at radius 1 is 1.12 bits per heavy atom. The van der Waals surface area contributed by atoms with E-state index >= 15 is 0 Å². The van der Waals surface area contributed by atoms with Gasteiger partial charge in [0.15, 0.2) is 0 Å². The first-order chi connectivity index (χ1) is 12.7. The highest BCUT2D eigenvalue weighted by Gasteiger charge is 2.10. The number of nitrogens with zero attached hydrogens (tertiary/aromatic N) is 3. The largest absolute Gasteiger partial charge is 0.495 e. The zero-order valence-corrected chi connectivity index (χ0v) is 14.9. The number of benzene rings is 1. The van der Waals surface area contributed by atoms with Crippen molar-refractivity contribution >= 4 is 29.1 Å². The van der Waals surface area contributed by atoms with Crippen LogP contribution in [-0.2, 0) is 0 Å². The molecule has 3 aromatic rings. The van der Waals surface area contributed by atoms with Gasteiger partial charge in [-0.25, -0.2) is 4.98 Å².